The highest BCUT2D eigenvalue weighted by atomic mass is 16.1. The van der Waals surface area contributed by atoms with Crippen LogP contribution in [0.25, 0.3) is 0 Å². The van der Waals surface area contributed by atoms with Crippen LogP contribution in [0, 0.1) is 11.8 Å². The first kappa shape index (κ1) is 15.5. The largest absolute Gasteiger partial charge is 0.351 e. The Kier molecular flexibility index (Phi) is 4.50. The van der Waals surface area contributed by atoms with Gasteiger partial charge in [-0.25, -0.2) is 0 Å². The Labute approximate surface area is 132 Å². The molecule has 0 aromatic carbocycles. The predicted molar refractivity (Wildman–Crippen MR) is 85.5 cm³/mol. The number of carbonyl (C=O) groups excluding carboxylic acids is 1. The molecule has 2 aliphatic rings. The monoisotopic (exact) mass is 304 g/mol. The van der Waals surface area contributed by atoms with Crippen molar-refractivity contribution in [3.8, 4) is 0 Å². The van der Waals surface area contributed by atoms with Crippen molar-refractivity contribution in [2.75, 3.05) is 0 Å². The fourth-order valence-corrected chi connectivity index (χ4v) is 3.73. The fourth-order valence-electron chi connectivity index (χ4n) is 3.73. The summed E-state index contributed by atoms with van der Waals surface area (Å²) >= 11 is 0. The van der Waals surface area contributed by atoms with Crippen LogP contribution >= 0.6 is 0 Å². The number of amides is 1. The lowest BCUT2D eigenvalue weighted by Crippen LogP contribution is -2.44. The van der Waals surface area contributed by atoms with E-state index in [1.54, 1.807) is 0 Å². The highest BCUT2D eigenvalue weighted by Gasteiger charge is 2.29. The molecule has 122 valence electrons. The SMILES string of the molecule is CC1CCC(C(=O)N[C@@H]2CCc3nnc(C(C)C)n3C2)CC1. The maximum atomic E-state index is 12.5. The van der Waals surface area contributed by atoms with Crippen molar-refractivity contribution in [1.29, 1.82) is 0 Å². The molecular weight excluding hydrogens is 276 g/mol. The number of rotatable bonds is 3. The van der Waals surface area contributed by atoms with Gasteiger partial charge in [0.25, 0.3) is 0 Å². The van der Waals surface area contributed by atoms with Gasteiger partial charge in [-0.15, -0.1) is 10.2 Å². The van der Waals surface area contributed by atoms with E-state index in [-0.39, 0.29) is 17.9 Å². The number of hydrogen-bond acceptors (Lipinski definition) is 3. The molecule has 1 aliphatic heterocycles. The van der Waals surface area contributed by atoms with Crippen LogP contribution in [0.15, 0.2) is 0 Å². The first-order valence-electron chi connectivity index (χ1n) is 8.77. The average molecular weight is 304 g/mol. The van der Waals surface area contributed by atoms with Crippen LogP contribution < -0.4 is 5.32 Å². The van der Waals surface area contributed by atoms with Gasteiger partial charge >= 0.3 is 0 Å². The summed E-state index contributed by atoms with van der Waals surface area (Å²) in [4.78, 5) is 12.5. The highest BCUT2D eigenvalue weighted by molar-refractivity contribution is 5.79. The van der Waals surface area contributed by atoms with Gasteiger partial charge in [-0.3, -0.25) is 4.79 Å². The maximum absolute atomic E-state index is 12.5. The van der Waals surface area contributed by atoms with E-state index < -0.39 is 0 Å². The number of aryl methyl sites for hydroxylation is 1. The van der Waals surface area contributed by atoms with Crippen LogP contribution in [-0.4, -0.2) is 26.7 Å². The molecule has 0 unspecified atom stereocenters. The summed E-state index contributed by atoms with van der Waals surface area (Å²) < 4.78 is 2.21. The summed E-state index contributed by atoms with van der Waals surface area (Å²) in [5.74, 6) is 3.76. The molecule has 0 saturated heterocycles. The number of aromatic nitrogens is 3. The van der Waals surface area contributed by atoms with Crippen molar-refractivity contribution < 1.29 is 4.79 Å². The molecule has 1 aliphatic carbocycles. The van der Waals surface area contributed by atoms with Crippen LogP contribution in [0.1, 0.15) is 70.4 Å². The number of hydrogen-bond donors (Lipinski definition) is 1. The normalized spacial score (nSPS) is 28.5. The van der Waals surface area contributed by atoms with Crippen molar-refractivity contribution in [2.24, 2.45) is 11.8 Å². The van der Waals surface area contributed by atoms with Gasteiger partial charge in [0.05, 0.1) is 0 Å². The predicted octanol–water partition coefficient (Wildman–Crippen LogP) is 2.66. The Morgan fingerprint density at radius 3 is 2.59 bits per heavy atom. The van der Waals surface area contributed by atoms with E-state index in [4.69, 9.17) is 0 Å². The van der Waals surface area contributed by atoms with Gasteiger partial charge in [-0.2, -0.15) is 0 Å². The molecule has 1 fully saturated rings. The number of fused-ring (bicyclic) bond motifs is 1. The molecule has 0 spiro atoms. The van der Waals surface area contributed by atoms with Gasteiger partial charge in [0.15, 0.2) is 0 Å². The topological polar surface area (TPSA) is 59.8 Å². The molecule has 1 aromatic heterocycles. The molecule has 1 aromatic rings. The second kappa shape index (κ2) is 6.39. The van der Waals surface area contributed by atoms with Crippen molar-refractivity contribution in [3.63, 3.8) is 0 Å². The lowest BCUT2D eigenvalue weighted by Gasteiger charge is -2.30. The van der Waals surface area contributed by atoms with Crippen LogP contribution in [0.3, 0.4) is 0 Å². The highest BCUT2D eigenvalue weighted by Crippen LogP contribution is 2.29. The third-order valence-electron chi connectivity index (χ3n) is 5.22. The van der Waals surface area contributed by atoms with E-state index in [1.165, 1.54) is 12.8 Å². The van der Waals surface area contributed by atoms with Crippen molar-refractivity contribution in [2.45, 2.75) is 77.8 Å². The molecular formula is C17H28N4O. The van der Waals surface area contributed by atoms with E-state index in [0.29, 0.717) is 5.92 Å². The lowest BCUT2D eigenvalue weighted by atomic mass is 9.82. The van der Waals surface area contributed by atoms with Crippen molar-refractivity contribution >= 4 is 5.91 Å². The molecule has 5 nitrogen and oxygen atoms in total. The molecule has 2 heterocycles. The molecule has 22 heavy (non-hydrogen) atoms. The molecule has 1 atom stereocenters. The van der Waals surface area contributed by atoms with Crippen LogP contribution in [0.2, 0.25) is 0 Å². The van der Waals surface area contributed by atoms with Gasteiger partial charge in [-0.1, -0.05) is 20.8 Å². The number of nitrogens with one attached hydrogen (secondary N) is 1. The minimum atomic E-state index is 0.225. The maximum Gasteiger partial charge on any atom is 0.223 e. The van der Waals surface area contributed by atoms with Crippen LogP contribution in [0.5, 0.6) is 0 Å². The van der Waals surface area contributed by atoms with Gasteiger partial charge in [0.2, 0.25) is 5.91 Å². The molecule has 0 radical (unpaired) electrons. The molecule has 1 N–H and O–H groups in total. The zero-order valence-corrected chi connectivity index (χ0v) is 14.0. The Balaban J connectivity index is 1.60. The zero-order valence-electron chi connectivity index (χ0n) is 14.0. The van der Waals surface area contributed by atoms with Crippen molar-refractivity contribution in [1.82, 2.24) is 20.1 Å². The quantitative estimate of drug-likeness (QED) is 0.934. The average Bonchev–Trinajstić information content (AvgIpc) is 2.91. The molecule has 0 bridgehead atoms. The first-order valence-corrected chi connectivity index (χ1v) is 8.77. The first-order chi connectivity index (χ1) is 10.5. The minimum Gasteiger partial charge on any atom is -0.351 e. The van der Waals surface area contributed by atoms with Gasteiger partial charge in [-0.05, 0) is 38.0 Å². The Morgan fingerprint density at radius 1 is 1.18 bits per heavy atom. The molecule has 5 heteroatoms. The summed E-state index contributed by atoms with van der Waals surface area (Å²) in [5, 5.41) is 11.9. The molecule has 1 saturated carbocycles. The van der Waals surface area contributed by atoms with Gasteiger partial charge < -0.3 is 9.88 Å². The third-order valence-corrected chi connectivity index (χ3v) is 5.22. The van der Waals surface area contributed by atoms with E-state index in [2.05, 4.69) is 40.9 Å². The third kappa shape index (κ3) is 3.18. The van der Waals surface area contributed by atoms with Gasteiger partial charge in [0, 0.05) is 30.8 Å². The zero-order chi connectivity index (χ0) is 15.7. The molecule has 1 amide bonds. The van der Waals surface area contributed by atoms with Gasteiger partial charge in [0.1, 0.15) is 11.6 Å². The Morgan fingerprint density at radius 2 is 1.91 bits per heavy atom. The lowest BCUT2D eigenvalue weighted by molar-refractivity contribution is -0.127. The van der Waals surface area contributed by atoms with E-state index in [0.717, 1.165) is 49.8 Å². The summed E-state index contributed by atoms with van der Waals surface area (Å²) in [6, 6.07) is 0.229. The smallest absolute Gasteiger partial charge is 0.223 e. The summed E-state index contributed by atoms with van der Waals surface area (Å²) in [5.41, 5.74) is 0. The Bertz CT molecular complexity index is 529. The fraction of sp³-hybridized carbons (Fsp3) is 0.824. The van der Waals surface area contributed by atoms with Crippen LogP contribution in [0.4, 0.5) is 0 Å². The summed E-state index contributed by atoms with van der Waals surface area (Å²) in [6.45, 7) is 7.40. The van der Waals surface area contributed by atoms with Crippen LogP contribution in [-0.2, 0) is 17.8 Å². The second-order valence-electron chi connectivity index (χ2n) is 7.44. The number of carbonyl (C=O) groups is 1. The van der Waals surface area contributed by atoms with E-state index >= 15 is 0 Å². The summed E-state index contributed by atoms with van der Waals surface area (Å²) in [6.07, 6.45) is 6.37. The Hall–Kier alpha value is -1.39. The second-order valence-corrected chi connectivity index (χ2v) is 7.44. The minimum absolute atomic E-state index is 0.225. The standard InChI is InChI=1S/C17H28N4O/c1-11(2)16-20-19-15-9-8-14(10-21(15)16)18-17(22)13-6-4-12(3)5-7-13/h11-14H,4-10H2,1-3H3,(H,18,22)/t12?,13?,14-/m1/s1. The summed E-state index contributed by atoms with van der Waals surface area (Å²) in [7, 11) is 0. The molecule has 3 rings (SSSR count). The van der Waals surface area contributed by atoms with E-state index in [1.807, 2.05) is 0 Å². The number of nitrogens with zero attached hydrogens (tertiary/aromatic N) is 3. The van der Waals surface area contributed by atoms with Crippen molar-refractivity contribution in [3.05, 3.63) is 11.6 Å². The van der Waals surface area contributed by atoms with E-state index in [9.17, 15) is 4.79 Å².